The highest BCUT2D eigenvalue weighted by molar-refractivity contribution is 6.39. The normalized spacial score (nSPS) is 10.2. The van der Waals surface area contributed by atoms with Crippen molar-refractivity contribution in [1.82, 2.24) is 0 Å². The molecule has 2 aromatic carbocycles. The SMILES string of the molecule is O=[N+]([O-])c1ccc(CNc2c(Cl)cccc2Cl)cc1. The average molecular weight is 297 g/mol. The molecular formula is C13H10Cl2N2O2. The van der Waals surface area contributed by atoms with Gasteiger partial charge in [0.25, 0.3) is 5.69 Å². The lowest BCUT2D eigenvalue weighted by molar-refractivity contribution is -0.384. The Kier molecular flexibility index (Phi) is 4.24. The van der Waals surface area contributed by atoms with Crippen molar-refractivity contribution in [2.75, 3.05) is 5.32 Å². The predicted octanol–water partition coefficient (Wildman–Crippen LogP) is 4.51. The van der Waals surface area contributed by atoms with Gasteiger partial charge in [0, 0.05) is 18.7 Å². The van der Waals surface area contributed by atoms with Crippen molar-refractivity contribution in [3.05, 3.63) is 68.2 Å². The third kappa shape index (κ3) is 3.36. The van der Waals surface area contributed by atoms with Gasteiger partial charge < -0.3 is 5.32 Å². The number of anilines is 1. The molecule has 2 rings (SSSR count). The zero-order valence-corrected chi connectivity index (χ0v) is 11.3. The van der Waals surface area contributed by atoms with Gasteiger partial charge in [-0.15, -0.1) is 0 Å². The van der Waals surface area contributed by atoms with Gasteiger partial charge in [-0.25, -0.2) is 0 Å². The molecule has 0 amide bonds. The Bertz CT molecular complexity index is 580. The molecule has 1 N–H and O–H groups in total. The quantitative estimate of drug-likeness (QED) is 0.667. The summed E-state index contributed by atoms with van der Waals surface area (Å²) in [6.07, 6.45) is 0. The number of para-hydroxylation sites is 1. The predicted molar refractivity (Wildman–Crippen MR) is 76.9 cm³/mol. The number of hydrogen-bond acceptors (Lipinski definition) is 3. The maximum atomic E-state index is 10.5. The van der Waals surface area contributed by atoms with Crippen LogP contribution in [0.25, 0.3) is 0 Å². The highest BCUT2D eigenvalue weighted by Gasteiger charge is 2.06. The number of nitrogens with one attached hydrogen (secondary N) is 1. The van der Waals surface area contributed by atoms with Crippen molar-refractivity contribution < 1.29 is 4.92 Å². The highest BCUT2D eigenvalue weighted by Crippen LogP contribution is 2.30. The lowest BCUT2D eigenvalue weighted by atomic mass is 10.2. The van der Waals surface area contributed by atoms with Crippen LogP contribution in [0.4, 0.5) is 11.4 Å². The minimum absolute atomic E-state index is 0.0690. The van der Waals surface area contributed by atoms with E-state index in [0.29, 0.717) is 22.3 Å². The Morgan fingerprint density at radius 3 is 2.16 bits per heavy atom. The lowest BCUT2D eigenvalue weighted by Gasteiger charge is -2.10. The summed E-state index contributed by atoms with van der Waals surface area (Å²) in [6, 6.07) is 11.6. The lowest BCUT2D eigenvalue weighted by Crippen LogP contribution is -2.00. The van der Waals surface area contributed by atoms with E-state index in [2.05, 4.69) is 5.32 Å². The summed E-state index contributed by atoms with van der Waals surface area (Å²) in [4.78, 5) is 10.1. The molecule has 0 fully saturated rings. The second-order valence-corrected chi connectivity index (χ2v) is 4.69. The molecule has 0 aliphatic rings. The van der Waals surface area contributed by atoms with Gasteiger partial charge in [0.05, 0.1) is 20.7 Å². The first-order valence-electron chi connectivity index (χ1n) is 5.49. The van der Waals surface area contributed by atoms with Crippen molar-refractivity contribution in [2.24, 2.45) is 0 Å². The van der Waals surface area contributed by atoms with E-state index in [1.807, 2.05) is 0 Å². The van der Waals surface area contributed by atoms with Gasteiger partial charge in [0.15, 0.2) is 0 Å². The van der Waals surface area contributed by atoms with Crippen molar-refractivity contribution in [3.8, 4) is 0 Å². The van der Waals surface area contributed by atoms with E-state index in [9.17, 15) is 10.1 Å². The maximum absolute atomic E-state index is 10.5. The molecule has 0 unspecified atom stereocenters. The first-order chi connectivity index (χ1) is 9.08. The van der Waals surface area contributed by atoms with E-state index in [1.165, 1.54) is 12.1 Å². The molecule has 19 heavy (non-hydrogen) atoms. The number of halogens is 2. The van der Waals surface area contributed by atoms with Crippen LogP contribution < -0.4 is 5.32 Å². The Morgan fingerprint density at radius 2 is 1.63 bits per heavy atom. The summed E-state index contributed by atoms with van der Waals surface area (Å²) < 4.78 is 0. The zero-order valence-electron chi connectivity index (χ0n) is 9.77. The van der Waals surface area contributed by atoms with Gasteiger partial charge in [0.2, 0.25) is 0 Å². The Morgan fingerprint density at radius 1 is 1.05 bits per heavy atom. The summed E-state index contributed by atoms with van der Waals surface area (Å²) in [5.74, 6) is 0. The van der Waals surface area contributed by atoms with Crippen LogP contribution in [0.3, 0.4) is 0 Å². The van der Waals surface area contributed by atoms with E-state index in [4.69, 9.17) is 23.2 Å². The first-order valence-corrected chi connectivity index (χ1v) is 6.25. The molecule has 0 bridgehead atoms. The van der Waals surface area contributed by atoms with Crippen LogP contribution in [0.5, 0.6) is 0 Å². The van der Waals surface area contributed by atoms with Crippen LogP contribution in [0.15, 0.2) is 42.5 Å². The molecule has 98 valence electrons. The van der Waals surface area contributed by atoms with Crippen LogP contribution in [0, 0.1) is 10.1 Å². The van der Waals surface area contributed by atoms with Crippen molar-refractivity contribution >= 4 is 34.6 Å². The van der Waals surface area contributed by atoms with Gasteiger partial charge in [0.1, 0.15) is 0 Å². The smallest absolute Gasteiger partial charge is 0.269 e. The molecular weight excluding hydrogens is 287 g/mol. The van der Waals surface area contributed by atoms with Gasteiger partial charge in [-0.1, -0.05) is 41.4 Å². The van der Waals surface area contributed by atoms with Crippen LogP contribution in [-0.4, -0.2) is 4.92 Å². The van der Waals surface area contributed by atoms with Crippen molar-refractivity contribution in [1.29, 1.82) is 0 Å². The zero-order chi connectivity index (χ0) is 13.8. The van der Waals surface area contributed by atoms with Crippen molar-refractivity contribution in [2.45, 2.75) is 6.54 Å². The van der Waals surface area contributed by atoms with Crippen LogP contribution >= 0.6 is 23.2 Å². The number of nitro benzene ring substituents is 1. The molecule has 0 atom stereocenters. The fraction of sp³-hybridized carbons (Fsp3) is 0.0769. The maximum Gasteiger partial charge on any atom is 0.269 e. The van der Waals surface area contributed by atoms with E-state index < -0.39 is 4.92 Å². The van der Waals surface area contributed by atoms with E-state index in [-0.39, 0.29) is 5.69 Å². The van der Waals surface area contributed by atoms with Gasteiger partial charge in [-0.05, 0) is 17.7 Å². The van der Waals surface area contributed by atoms with E-state index in [0.717, 1.165) is 5.56 Å². The molecule has 0 aliphatic carbocycles. The van der Waals surface area contributed by atoms with Crippen LogP contribution in [0.2, 0.25) is 10.0 Å². The number of hydrogen-bond donors (Lipinski definition) is 1. The molecule has 4 nitrogen and oxygen atoms in total. The summed E-state index contributed by atoms with van der Waals surface area (Å²) in [5, 5.41) is 14.7. The molecule has 0 aliphatic heterocycles. The standard InChI is InChI=1S/C13H10Cl2N2O2/c14-11-2-1-3-12(15)13(11)16-8-9-4-6-10(7-5-9)17(18)19/h1-7,16H,8H2. The fourth-order valence-electron chi connectivity index (χ4n) is 1.59. The number of non-ortho nitro benzene ring substituents is 1. The summed E-state index contributed by atoms with van der Waals surface area (Å²) in [6.45, 7) is 0.488. The minimum atomic E-state index is -0.428. The molecule has 0 radical (unpaired) electrons. The minimum Gasteiger partial charge on any atom is -0.379 e. The fourth-order valence-corrected chi connectivity index (χ4v) is 2.12. The summed E-state index contributed by atoms with van der Waals surface area (Å²) >= 11 is 12.1. The Labute approximate surface area is 120 Å². The van der Waals surface area contributed by atoms with Crippen LogP contribution in [0.1, 0.15) is 5.56 Å². The molecule has 0 saturated heterocycles. The third-order valence-corrected chi connectivity index (χ3v) is 3.21. The number of benzene rings is 2. The number of rotatable bonds is 4. The molecule has 0 spiro atoms. The first kappa shape index (κ1) is 13.6. The topological polar surface area (TPSA) is 55.2 Å². The monoisotopic (exact) mass is 296 g/mol. The van der Waals surface area contributed by atoms with Crippen molar-refractivity contribution in [3.63, 3.8) is 0 Å². The molecule has 0 saturated carbocycles. The Balaban J connectivity index is 2.08. The second-order valence-electron chi connectivity index (χ2n) is 3.87. The number of nitrogens with zero attached hydrogens (tertiary/aromatic N) is 1. The van der Waals surface area contributed by atoms with E-state index in [1.54, 1.807) is 30.3 Å². The molecule has 6 heteroatoms. The molecule has 0 aromatic heterocycles. The second kappa shape index (κ2) is 5.91. The summed E-state index contributed by atoms with van der Waals surface area (Å²) in [7, 11) is 0. The molecule has 2 aromatic rings. The van der Waals surface area contributed by atoms with Crippen LogP contribution in [-0.2, 0) is 6.54 Å². The van der Waals surface area contributed by atoms with Gasteiger partial charge in [-0.3, -0.25) is 10.1 Å². The average Bonchev–Trinajstić information content (AvgIpc) is 2.38. The molecule has 0 heterocycles. The summed E-state index contributed by atoms with van der Waals surface area (Å²) in [5.41, 5.74) is 1.63. The number of nitro groups is 1. The van der Waals surface area contributed by atoms with Gasteiger partial charge in [-0.2, -0.15) is 0 Å². The third-order valence-electron chi connectivity index (χ3n) is 2.58. The Hall–Kier alpha value is -1.78. The van der Waals surface area contributed by atoms with Gasteiger partial charge >= 0.3 is 0 Å². The van der Waals surface area contributed by atoms with E-state index >= 15 is 0 Å². The largest absolute Gasteiger partial charge is 0.379 e. The highest BCUT2D eigenvalue weighted by atomic mass is 35.5.